The van der Waals surface area contributed by atoms with Gasteiger partial charge in [0.15, 0.2) is 11.6 Å². The van der Waals surface area contributed by atoms with Gasteiger partial charge in [0.1, 0.15) is 6.61 Å². The monoisotopic (exact) mass is 386 g/mol. The van der Waals surface area contributed by atoms with Gasteiger partial charge in [0.2, 0.25) is 11.6 Å². The van der Waals surface area contributed by atoms with Gasteiger partial charge in [-0.1, -0.05) is 24.3 Å². The van der Waals surface area contributed by atoms with E-state index in [0.717, 1.165) is 6.07 Å². The third kappa shape index (κ3) is 2.41. The lowest BCUT2D eigenvalue weighted by Gasteiger charge is -2.46. The van der Waals surface area contributed by atoms with Crippen LogP contribution >= 0.6 is 0 Å². The Bertz CT molecular complexity index is 1010. The van der Waals surface area contributed by atoms with E-state index in [2.05, 4.69) is 0 Å². The number of halogens is 2. The molecule has 1 unspecified atom stereocenters. The maximum absolute atomic E-state index is 13.9. The smallest absolute Gasteiger partial charge is 0.354 e. The molecule has 0 radical (unpaired) electrons. The molecular formula is C20H16F2N2O4. The summed E-state index contributed by atoms with van der Waals surface area (Å²) in [5.74, 6) is -3.77. The number of carbonyl (C=O) groups excluding carboxylic acids is 3. The van der Waals surface area contributed by atoms with Gasteiger partial charge in [0.25, 0.3) is 5.91 Å². The molecule has 1 fully saturated rings. The van der Waals surface area contributed by atoms with E-state index >= 15 is 0 Å². The lowest BCUT2D eigenvalue weighted by Crippen LogP contribution is -2.67. The molecule has 144 valence electrons. The van der Waals surface area contributed by atoms with Crippen LogP contribution in [0.1, 0.15) is 28.8 Å². The molecule has 1 saturated heterocycles. The van der Waals surface area contributed by atoms with Gasteiger partial charge in [-0.3, -0.25) is 14.5 Å². The van der Waals surface area contributed by atoms with Crippen LogP contribution in [-0.2, 0) is 20.9 Å². The third-order valence-corrected chi connectivity index (χ3v) is 5.26. The Balaban J connectivity index is 1.70. The molecule has 2 aromatic carbocycles. The normalized spacial score (nSPS) is 20.8. The van der Waals surface area contributed by atoms with Crippen molar-refractivity contribution >= 4 is 23.5 Å². The summed E-state index contributed by atoms with van der Waals surface area (Å²) in [7, 11) is 1.42. The largest absolute Gasteiger partial charge is 0.458 e. The van der Waals surface area contributed by atoms with Crippen molar-refractivity contribution in [2.75, 3.05) is 11.9 Å². The van der Waals surface area contributed by atoms with Gasteiger partial charge in [-0.05, 0) is 18.2 Å². The fourth-order valence-corrected chi connectivity index (χ4v) is 3.81. The molecule has 1 atom stereocenters. The summed E-state index contributed by atoms with van der Waals surface area (Å²) in [4.78, 5) is 40.9. The number of fused-ring (bicyclic) bond motifs is 3. The van der Waals surface area contributed by atoms with Gasteiger partial charge in [-0.25, -0.2) is 13.6 Å². The zero-order valence-electron chi connectivity index (χ0n) is 14.9. The highest BCUT2D eigenvalue weighted by Gasteiger charge is 2.60. The average Bonchev–Trinajstić information content (AvgIpc) is 3.05. The molecule has 0 aromatic heterocycles. The van der Waals surface area contributed by atoms with Crippen molar-refractivity contribution in [2.24, 2.45) is 0 Å². The molecule has 0 N–H and O–H groups in total. The van der Waals surface area contributed by atoms with Crippen LogP contribution in [-0.4, -0.2) is 35.4 Å². The summed E-state index contributed by atoms with van der Waals surface area (Å²) in [6, 6.07) is 10.1. The molecule has 2 aliphatic heterocycles. The van der Waals surface area contributed by atoms with E-state index < -0.39 is 35.8 Å². The number of hydrogen-bond donors (Lipinski definition) is 0. The number of likely N-dealkylation sites (N-methyl/N-ethyl adjacent to an activating group) is 1. The van der Waals surface area contributed by atoms with Gasteiger partial charge in [-0.15, -0.1) is 0 Å². The number of nitrogens with zero attached hydrogens (tertiary/aromatic N) is 2. The Morgan fingerprint density at radius 2 is 1.89 bits per heavy atom. The van der Waals surface area contributed by atoms with Crippen LogP contribution < -0.4 is 4.90 Å². The molecule has 2 aromatic rings. The van der Waals surface area contributed by atoms with E-state index in [-0.39, 0.29) is 24.3 Å². The number of carbonyl (C=O) groups is 3. The van der Waals surface area contributed by atoms with Crippen molar-refractivity contribution < 1.29 is 27.9 Å². The first kappa shape index (κ1) is 18.1. The van der Waals surface area contributed by atoms with Crippen molar-refractivity contribution in [3.8, 4) is 0 Å². The summed E-state index contributed by atoms with van der Waals surface area (Å²) in [6.07, 6.45) is 0.0995. The Kier molecular flexibility index (Phi) is 4.14. The highest BCUT2D eigenvalue weighted by molar-refractivity contribution is 6.15. The summed E-state index contributed by atoms with van der Waals surface area (Å²) >= 11 is 0. The van der Waals surface area contributed by atoms with Crippen molar-refractivity contribution in [3.63, 3.8) is 0 Å². The SMILES string of the molecule is CN1C(=O)c2ccccc2N2C(=O)CCC12C(=O)OCc1cccc(F)c1F. The fraction of sp³-hybridized carbons (Fsp3) is 0.250. The van der Waals surface area contributed by atoms with E-state index in [4.69, 9.17) is 4.74 Å². The number of amides is 2. The average molecular weight is 386 g/mol. The minimum absolute atomic E-state index is 0.0485. The first-order valence-electron chi connectivity index (χ1n) is 8.68. The molecule has 28 heavy (non-hydrogen) atoms. The van der Waals surface area contributed by atoms with Gasteiger partial charge < -0.3 is 9.64 Å². The van der Waals surface area contributed by atoms with E-state index in [1.807, 2.05) is 0 Å². The highest BCUT2D eigenvalue weighted by Crippen LogP contribution is 2.44. The van der Waals surface area contributed by atoms with Crippen LogP contribution in [0.5, 0.6) is 0 Å². The van der Waals surface area contributed by atoms with Crippen molar-refractivity contribution in [2.45, 2.75) is 25.1 Å². The number of anilines is 1. The minimum atomic E-state index is -1.65. The highest BCUT2D eigenvalue weighted by atomic mass is 19.2. The molecule has 6 nitrogen and oxygen atoms in total. The fourth-order valence-electron chi connectivity index (χ4n) is 3.81. The lowest BCUT2D eigenvalue weighted by molar-refractivity contribution is -0.158. The maximum atomic E-state index is 13.9. The van der Waals surface area contributed by atoms with Gasteiger partial charge in [0, 0.05) is 25.5 Å². The number of ether oxygens (including phenoxy) is 1. The summed E-state index contributed by atoms with van der Waals surface area (Å²) in [6.45, 7) is -0.518. The van der Waals surface area contributed by atoms with Gasteiger partial charge >= 0.3 is 5.97 Å². The van der Waals surface area contributed by atoms with Gasteiger partial charge in [0.05, 0.1) is 11.3 Å². The van der Waals surface area contributed by atoms with Crippen LogP contribution in [0.2, 0.25) is 0 Å². The van der Waals surface area contributed by atoms with Crippen LogP contribution in [0, 0.1) is 11.6 Å². The molecule has 0 bridgehead atoms. The first-order chi connectivity index (χ1) is 13.4. The Morgan fingerprint density at radius 3 is 2.68 bits per heavy atom. The summed E-state index contributed by atoms with van der Waals surface area (Å²) in [5, 5.41) is 0. The molecule has 4 rings (SSSR count). The number of benzene rings is 2. The zero-order valence-corrected chi connectivity index (χ0v) is 14.9. The Labute approximate surface area is 159 Å². The number of para-hydroxylation sites is 1. The predicted octanol–water partition coefficient (Wildman–Crippen LogP) is 2.62. The zero-order chi connectivity index (χ0) is 20.1. The Morgan fingerprint density at radius 1 is 1.14 bits per heavy atom. The number of rotatable bonds is 3. The summed E-state index contributed by atoms with van der Waals surface area (Å²) in [5.41, 5.74) is -1.14. The van der Waals surface area contributed by atoms with Crippen molar-refractivity contribution in [1.82, 2.24) is 4.90 Å². The summed E-state index contributed by atoms with van der Waals surface area (Å²) < 4.78 is 32.5. The second-order valence-corrected chi connectivity index (χ2v) is 6.72. The number of hydrogen-bond acceptors (Lipinski definition) is 4. The van der Waals surface area contributed by atoms with Crippen LogP contribution in [0.25, 0.3) is 0 Å². The van der Waals surface area contributed by atoms with E-state index in [0.29, 0.717) is 11.3 Å². The van der Waals surface area contributed by atoms with E-state index in [1.165, 1.54) is 29.0 Å². The van der Waals surface area contributed by atoms with Crippen LogP contribution in [0.15, 0.2) is 42.5 Å². The Hall–Kier alpha value is -3.29. The molecule has 2 amide bonds. The quantitative estimate of drug-likeness (QED) is 0.761. The predicted molar refractivity (Wildman–Crippen MR) is 94.1 cm³/mol. The molecule has 2 heterocycles. The van der Waals surface area contributed by atoms with Crippen molar-refractivity contribution in [1.29, 1.82) is 0 Å². The first-order valence-corrected chi connectivity index (χ1v) is 8.68. The molecule has 0 saturated carbocycles. The molecular weight excluding hydrogens is 370 g/mol. The second-order valence-electron chi connectivity index (χ2n) is 6.72. The standard InChI is InChI=1S/C20H16F2N2O4/c1-23-18(26)13-6-2-3-8-15(13)24-16(25)9-10-20(23,24)19(27)28-11-12-5-4-7-14(21)17(12)22/h2-8H,9-11H2,1H3. The molecule has 8 heteroatoms. The van der Waals surface area contributed by atoms with Crippen LogP contribution in [0.4, 0.5) is 14.5 Å². The molecule has 0 spiro atoms. The second kappa shape index (κ2) is 6.40. The number of esters is 1. The van der Waals surface area contributed by atoms with E-state index in [1.54, 1.807) is 24.3 Å². The third-order valence-electron chi connectivity index (χ3n) is 5.26. The molecule has 0 aliphatic carbocycles. The van der Waals surface area contributed by atoms with Crippen LogP contribution in [0.3, 0.4) is 0 Å². The van der Waals surface area contributed by atoms with Crippen molar-refractivity contribution in [3.05, 3.63) is 65.2 Å². The minimum Gasteiger partial charge on any atom is -0.458 e. The topological polar surface area (TPSA) is 66.9 Å². The maximum Gasteiger partial charge on any atom is 0.354 e. The van der Waals surface area contributed by atoms with Gasteiger partial charge in [-0.2, -0.15) is 0 Å². The van der Waals surface area contributed by atoms with E-state index in [9.17, 15) is 23.2 Å². The molecule has 2 aliphatic rings. The lowest BCUT2D eigenvalue weighted by atomic mass is 9.97.